The van der Waals surface area contributed by atoms with E-state index in [2.05, 4.69) is 29.7 Å². The highest BCUT2D eigenvalue weighted by Gasteiger charge is 2.23. The lowest BCUT2D eigenvalue weighted by Crippen LogP contribution is -2.37. The number of amides is 1. The molecule has 21 heavy (non-hydrogen) atoms. The minimum Gasteiger partial charge on any atom is -0.326 e. The smallest absolute Gasteiger partial charge is 0.221 e. The van der Waals surface area contributed by atoms with E-state index in [1.807, 2.05) is 23.9 Å². The fourth-order valence-electron chi connectivity index (χ4n) is 2.91. The van der Waals surface area contributed by atoms with Crippen molar-refractivity contribution < 1.29 is 4.79 Å². The van der Waals surface area contributed by atoms with Crippen molar-refractivity contribution in [1.29, 1.82) is 0 Å². The second-order valence-corrected chi connectivity index (χ2v) is 6.98. The summed E-state index contributed by atoms with van der Waals surface area (Å²) in [7, 11) is 0. The fourth-order valence-corrected chi connectivity index (χ4v) is 4.23. The van der Waals surface area contributed by atoms with E-state index in [1.54, 1.807) is 0 Å². The summed E-state index contributed by atoms with van der Waals surface area (Å²) in [6.45, 7) is 4.77. The van der Waals surface area contributed by atoms with Crippen LogP contribution in [0.5, 0.6) is 0 Å². The van der Waals surface area contributed by atoms with E-state index in [-0.39, 0.29) is 5.91 Å². The lowest BCUT2D eigenvalue weighted by Gasteiger charge is -2.25. The molecule has 1 aliphatic rings. The van der Waals surface area contributed by atoms with Gasteiger partial charge in [-0.2, -0.15) is 0 Å². The van der Waals surface area contributed by atoms with Crippen molar-refractivity contribution in [3.63, 3.8) is 0 Å². The number of hydrogen-bond acceptors (Lipinski definition) is 3. The number of benzene rings is 1. The van der Waals surface area contributed by atoms with Crippen LogP contribution in [0.3, 0.4) is 0 Å². The standard InChI is InChI=1S/C17H26N2OS/c1-3-18-16-7-5-4-6-8-17(16)21-15-11-9-14(10-12-15)19-13(2)20/h9-12,16-18H,3-8H2,1-2H3,(H,19,20). The molecule has 3 nitrogen and oxygen atoms in total. The van der Waals surface area contributed by atoms with E-state index in [4.69, 9.17) is 0 Å². The summed E-state index contributed by atoms with van der Waals surface area (Å²) < 4.78 is 0. The third kappa shape index (κ3) is 5.36. The van der Waals surface area contributed by atoms with Gasteiger partial charge in [0.15, 0.2) is 0 Å². The van der Waals surface area contributed by atoms with Gasteiger partial charge in [-0.1, -0.05) is 26.2 Å². The summed E-state index contributed by atoms with van der Waals surface area (Å²) in [5.41, 5.74) is 0.871. The van der Waals surface area contributed by atoms with E-state index < -0.39 is 0 Å². The Balaban J connectivity index is 1.98. The van der Waals surface area contributed by atoms with Gasteiger partial charge in [0, 0.05) is 28.8 Å². The van der Waals surface area contributed by atoms with Crippen molar-refractivity contribution in [3.8, 4) is 0 Å². The molecule has 2 unspecified atom stereocenters. The molecule has 2 atom stereocenters. The van der Waals surface area contributed by atoms with Crippen molar-refractivity contribution >= 4 is 23.4 Å². The summed E-state index contributed by atoms with van der Waals surface area (Å²) in [6, 6.07) is 8.83. The average molecular weight is 306 g/mol. The first-order valence-electron chi connectivity index (χ1n) is 7.96. The Morgan fingerprint density at radius 2 is 1.90 bits per heavy atom. The van der Waals surface area contributed by atoms with Gasteiger partial charge < -0.3 is 10.6 Å². The summed E-state index contributed by atoms with van der Waals surface area (Å²) in [6.07, 6.45) is 6.62. The molecule has 2 N–H and O–H groups in total. The van der Waals surface area contributed by atoms with E-state index in [9.17, 15) is 4.79 Å². The highest BCUT2D eigenvalue weighted by molar-refractivity contribution is 8.00. The maximum absolute atomic E-state index is 11.0. The molecular weight excluding hydrogens is 280 g/mol. The number of carbonyl (C=O) groups is 1. The molecule has 116 valence electrons. The molecule has 2 rings (SSSR count). The molecule has 1 aliphatic carbocycles. The molecule has 1 saturated carbocycles. The Morgan fingerprint density at radius 1 is 1.19 bits per heavy atom. The van der Waals surface area contributed by atoms with Crippen molar-refractivity contribution in [2.45, 2.75) is 62.1 Å². The molecule has 0 heterocycles. The van der Waals surface area contributed by atoms with Crippen LogP contribution in [0.2, 0.25) is 0 Å². The Hall–Kier alpha value is -1.00. The normalized spacial score (nSPS) is 22.6. The maximum Gasteiger partial charge on any atom is 0.221 e. The van der Waals surface area contributed by atoms with Gasteiger partial charge in [-0.3, -0.25) is 4.79 Å². The third-order valence-electron chi connectivity index (χ3n) is 3.88. The fraction of sp³-hybridized carbons (Fsp3) is 0.588. The molecule has 0 spiro atoms. The lowest BCUT2D eigenvalue weighted by molar-refractivity contribution is -0.114. The summed E-state index contributed by atoms with van der Waals surface area (Å²) >= 11 is 1.98. The number of anilines is 1. The van der Waals surface area contributed by atoms with Crippen LogP contribution in [-0.4, -0.2) is 23.7 Å². The van der Waals surface area contributed by atoms with E-state index in [1.165, 1.54) is 43.9 Å². The summed E-state index contributed by atoms with van der Waals surface area (Å²) in [5.74, 6) is -0.0219. The number of nitrogens with one attached hydrogen (secondary N) is 2. The molecule has 0 aromatic heterocycles. The van der Waals surface area contributed by atoms with Crippen molar-refractivity contribution in [2.24, 2.45) is 0 Å². The van der Waals surface area contributed by atoms with Crippen LogP contribution in [0.15, 0.2) is 29.2 Å². The highest BCUT2D eigenvalue weighted by Crippen LogP contribution is 2.33. The summed E-state index contributed by atoms with van der Waals surface area (Å²) in [4.78, 5) is 12.3. The molecule has 1 aromatic carbocycles. The second kappa shape index (κ2) is 8.44. The van der Waals surface area contributed by atoms with E-state index in [0.29, 0.717) is 11.3 Å². The van der Waals surface area contributed by atoms with Crippen LogP contribution in [-0.2, 0) is 4.79 Å². The van der Waals surface area contributed by atoms with Crippen LogP contribution in [0.25, 0.3) is 0 Å². The van der Waals surface area contributed by atoms with E-state index in [0.717, 1.165) is 12.2 Å². The van der Waals surface area contributed by atoms with Gasteiger partial charge in [-0.05, 0) is 43.7 Å². The van der Waals surface area contributed by atoms with Crippen LogP contribution < -0.4 is 10.6 Å². The average Bonchev–Trinajstić information content (AvgIpc) is 2.67. The van der Waals surface area contributed by atoms with E-state index >= 15 is 0 Å². The Labute approximate surface area is 132 Å². The Morgan fingerprint density at radius 3 is 2.57 bits per heavy atom. The topological polar surface area (TPSA) is 41.1 Å². The first kappa shape index (κ1) is 16.4. The molecule has 1 aromatic rings. The third-order valence-corrected chi connectivity index (χ3v) is 5.29. The molecule has 0 aliphatic heterocycles. The highest BCUT2D eigenvalue weighted by atomic mass is 32.2. The molecular formula is C17H26N2OS. The van der Waals surface area contributed by atoms with Crippen LogP contribution in [0, 0.1) is 0 Å². The van der Waals surface area contributed by atoms with Crippen LogP contribution in [0.4, 0.5) is 5.69 Å². The van der Waals surface area contributed by atoms with Gasteiger partial charge in [-0.15, -0.1) is 11.8 Å². The maximum atomic E-state index is 11.0. The monoisotopic (exact) mass is 306 g/mol. The molecule has 1 fully saturated rings. The molecule has 4 heteroatoms. The largest absolute Gasteiger partial charge is 0.326 e. The quantitative estimate of drug-likeness (QED) is 0.806. The Bertz CT molecular complexity index is 447. The lowest BCUT2D eigenvalue weighted by atomic mass is 10.1. The van der Waals surface area contributed by atoms with Gasteiger partial charge >= 0.3 is 0 Å². The summed E-state index contributed by atoms with van der Waals surface area (Å²) in [5, 5.41) is 7.12. The molecule has 0 bridgehead atoms. The number of hydrogen-bond donors (Lipinski definition) is 2. The first-order valence-corrected chi connectivity index (χ1v) is 8.84. The van der Waals surface area contributed by atoms with Gasteiger partial charge in [0.1, 0.15) is 0 Å². The zero-order valence-electron chi connectivity index (χ0n) is 13.0. The SMILES string of the molecule is CCNC1CCCCCC1Sc1ccc(NC(C)=O)cc1. The first-order chi connectivity index (χ1) is 10.2. The molecule has 0 radical (unpaired) electrons. The van der Waals surface area contributed by atoms with Gasteiger partial charge in [0.25, 0.3) is 0 Å². The Kier molecular flexibility index (Phi) is 6.58. The predicted octanol–water partition coefficient (Wildman–Crippen LogP) is 4.05. The van der Waals surface area contributed by atoms with Crippen LogP contribution in [0.1, 0.15) is 46.0 Å². The van der Waals surface area contributed by atoms with Crippen molar-refractivity contribution in [3.05, 3.63) is 24.3 Å². The van der Waals surface area contributed by atoms with Crippen molar-refractivity contribution in [2.75, 3.05) is 11.9 Å². The minimum atomic E-state index is -0.0219. The van der Waals surface area contributed by atoms with Gasteiger partial charge in [0.05, 0.1) is 0 Å². The van der Waals surface area contributed by atoms with Crippen molar-refractivity contribution in [1.82, 2.24) is 5.32 Å². The number of carbonyl (C=O) groups excluding carboxylic acids is 1. The number of thioether (sulfide) groups is 1. The zero-order valence-corrected chi connectivity index (χ0v) is 13.8. The molecule has 0 saturated heterocycles. The minimum absolute atomic E-state index is 0.0219. The zero-order chi connectivity index (χ0) is 15.1. The molecule has 1 amide bonds. The van der Waals surface area contributed by atoms with Gasteiger partial charge in [-0.25, -0.2) is 0 Å². The predicted molar refractivity (Wildman–Crippen MR) is 90.9 cm³/mol. The number of rotatable bonds is 5. The van der Waals surface area contributed by atoms with Gasteiger partial charge in [0.2, 0.25) is 5.91 Å². The van der Waals surface area contributed by atoms with Crippen LogP contribution >= 0.6 is 11.8 Å². The second-order valence-electron chi connectivity index (χ2n) is 5.66.